The van der Waals surface area contributed by atoms with Crippen LogP contribution >= 0.6 is 0 Å². The number of pyridine rings is 1. The molecular weight excluding hydrogens is 164 g/mol. The van der Waals surface area contributed by atoms with Gasteiger partial charge in [-0.05, 0) is 0 Å². The van der Waals surface area contributed by atoms with E-state index in [9.17, 15) is 17.6 Å². The van der Waals surface area contributed by atoms with Crippen LogP contribution in [-0.2, 0) is 0 Å². The summed E-state index contributed by atoms with van der Waals surface area (Å²) in [5, 5.41) is 0. The average molecular weight is 166 g/mol. The normalized spacial score (nSPS) is 10.2. The van der Waals surface area contributed by atoms with Gasteiger partial charge in [0, 0.05) is 0 Å². The number of halogens is 4. The quantitative estimate of drug-likeness (QED) is 0.464. The van der Waals surface area contributed by atoms with Gasteiger partial charge in [-0.1, -0.05) is 0 Å². The van der Waals surface area contributed by atoms with E-state index in [1.807, 2.05) is 0 Å². The van der Waals surface area contributed by atoms with Gasteiger partial charge in [0.25, 0.3) is 11.9 Å². The summed E-state index contributed by atoms with van der Waals surface area (Å²) in [6, 6.07) is 0. The standard InChI is InChI=1S/C5H2F4N2/c6-1-3(10)2(7)5(9)11-4(1)8/h(H2,10,11). The van der Waals surface area contributed by atoms with Crippen LogP contribution in [0.3, 0.4) is 0 Å². The molecule has 0 atom stereocenters. The number of anilines is 1. The van der Waals surface area contributed by atoms with Gasteiger partial charge in [0.2, 0.25) is 11.6 Å². The van der Waals surface area contributed by atoms with Gasteiger partial charge in [-0.3, -0.25) is 0 Å². The summed E-state index contributed by atoms with van der Waals surface area (Å²) in [4.78, 5) is 2.27. The van der Waals surface area contributed by atoms with E-state index in [0.29, 0.717) is 0 Å². The molecule has 0 saturated heterocycles. The minimum Gasteiger partial charge on any atom is -0.394 e. The fourth-order valence-corrected chi connectivity index (χ4v) is 0.503. The van der Waals surface area contributed by atoms with Crippen LogP contribution in [-0.4, -0.2) is 4.98 Å². The van der Waals surface area contributed by atoms with Gasteiger partial charge in [-0.2, -0.15) is 22.5 Å². The number of hydrogen-bond donors (Lipinski definition) is 1. The highest BCUT2D eigenvalue weighted by molar-refractivity contribution is 5.39. The Labute approximate surface area is 58.7 Å². The molecule has 1 rings (SSSR count). The Morgan fingerprint density at radius 1 is 0.909 bits per heavy atom. The molecule has 0 radical (unpaired) electrons. The van der Waals surface area contributed by atoms with Crippen LogP contribution < -0.4 is 5.73 Å². The van der Waals surface area contributed by atoms with Crippen molar-refractivity contribution in [1.29, 1.82) is 0 Å². The Bertz CT molecular complexity index is 273. The highest BCUT2D eigenvalue weighted by atomic mass is 19.2. The molecule has 0 amide bonds. The van der Waals surface area contributed by atoms with E-state index in [1.165, 1.54) is 0 Å². The fourth-order valence-electron chi connectivity index (χ4n) is 0.503. The van der Waals surface area contributed by atoms with E-state index in [2.05, 4.69) is 10.7 Å². The Morgan fingerprint density at radius 2 is 1.27 bits per heavy atom. The first-order chi connectivity index (χ1) is 5.04. The minimum absolute atomic E-state index is 1.20. The van der Waals surface area contributed by atoms with Gasteiger partial charge < -0.3 is 5.73 Å². The first-order valence-electron chi connectivity index (χ1n) is 2.49. The smallest absolute Gasteiger partial charge is 0.253 e. The highest BCUT2D eigenvalue weighted by Gasteiger charge is 2.17. The topological polar surface area (TPSA) is 38.9 Å². The summed E-state index contributed by atoms with van der Waals surface area (Å²) in [5.41, 5.74) is 3.41. The second-order valence-electron chi connectivity index (χ2n) is 1.74. The van der Waals surface area contributed by atoms with Gasteiger partial charge >= 0.3 is 0 Å². The van der Waals surface area contributed by atoms with E-state index in [4.69, 9.17) is 0 Å². The van der Waals surface area contributed by atoms with Gasteiger partial charge in [0.15, 0.2) is 0 Å². The zero-order valence-electron chi connectivity index (χ0n) is 5.04. The molecule has 6 heteroatoms. The molecule has 1 aromatic heterocycles. The molecule has 0 spiro atoms. The maximum Gasteiger partial charge on any atom is 0.253 e. The molecule has 0 unspecified atom stereocenters. The van der Waals surface area contributed by atoms with Gasteiger partial charge in [0.1, 0.15) is 5.69 Å². The summed E-state index contributed by atoms with van der Waals surface area (Å²) >= 11 is 0. The van der Waals surface area contributed by atoms with Crippen molar-refractivity contribution in [2.45, 2.75) is 0 Å². The zero-order chi connectivity index (χ0) is 8.59. The van der Waals surface area contributed by atoms with Crippen LogP contribution in [0.2, 0.25) is 0 Å². The van der Waals surface area contributed by atoms with Crippen LogP contribution in [0.4, 0.5) is 23.2 Å². The van der Waals surface area contributed by atoms with Crippen LogP contribution in [0.25, 0.3) is 0 Å². The van der Waals surface area contributed by atoms with E-state index < -0.39 is 29.2 Å². The Hall–Kier alpha value is -1.33. The molecule has 0 aliphatic rings. The molecule has 2 nitrogen and oxygen atoms in total. The van der Waals surface area contributed by atoms with Crippen LogP contribution in [0.15, 0.2) is 0 Å². The Balaban J connectivity index is 3.46. The molecule has 1 aromatic rings. The molecule has 60 valence electrons. The van der Waals surface area contributed by atoms with E-state index in [1.54, 1.807) is 0 Å². The second kappa shape index (κ2) is 2.37. The number of nitrogens with zero attached hydrogens (tertiary/aromatic N) is 1. The van der Waals surface area contributed by atoms with E-state index in [-0.39, 0.29) is 0 Å². The third-order valence-electron chi connectivity index (χ3n) is 1.03. The van der Waals surface area contributed by atoms with Crippen molar-refractivity contribution in [3.63, 3.8) is 0 Å². The largest absolute Gasteiger partial charge is 0.394 e. The molecule has 0 fully saturated rings. The van der Waals surface area contributed by atoms with Crippen LogP contribution in [0.5, 0.6) is 0 Å². The number of nitrogen functional groups attached to an aromatic ring is 1. The second-order valence-corrected chi connectivity index (χ2v) is 1.74. The SMILES string of the molecule is Nc1c(F)c(F)nc(F)c1F. The van der Waals surface area contributed by atoms with Crippen molar-refractivity contribution >= 4 is 5.69 Å². The van der Waals surface area contributed by atoms with Crippen LogP contribution in [0.1, 0.15) is 0 Å². The highest BCUT2D eigenvalue weighted by Crippen LogP contribution is 2.17. The summed E-state index contributed by atoms with van der Waals surface area (Å²) in [6.45, 7) is 0. The van der Waals surface area contributed by atoms with Crippen molar-refractivity contribution in [2.75, 3.05) is 5.73 Å². The monoisotopic (exact) mass is 166 g/mol. The lowest BCUT2D eigenvalue weighted by molar-refractivity contribution is 0.412. The fraction of sp³-hybridized carbons (Fsp3) is 0. The minimum atomic E-state index is -1.75. The predicted octanol–water partition coefficient (Wildman–Crippen LogP) is 1.22. The maximum atomic E-state index is 12.2. The lowest BCUT2D eigenvalue weighted by Crippen LogP contribution is -2.05. The molecular formula is C5H2F4N2. The number of hydrogen-bond acceptors (Lipinski definition) is 2. The third-order valence-corrected chi connectivity index (χ3v) is 1.03. The summed E-state index contributed by atoms with van der Waals surface area (Å²) < 4.78 is 48.5. The predicted molar refractivity (Wildman–Crippen MR) is 28.5 cm³/mol. The van der Waals surface area contributed by atoms with Crippen molar-refractivity contribution in [3.8, 4) is 0 Å². The van der Waals surface area contributed by atoms with E-state index in [0.717, 1.165) is 0 Å². The molecule has 0 aliphatic carbocycles. The molecule has 0 saturated carbocycles. The first kappa shape index (κ1) is 7.77. The van der Waals surface area contributed by atoms with E-state index >= 15 is 0 Å². The molecule has 11 heavy (non-hydrogen) atoms. The number of rotatable bonds is 0. The third kappa shape index (κ3) is 1.11. The van der Waals surface area contributed by atoms with Crippen molar-refractivity contribution in [3.05, 3.63) is 23.5 Å². The first-order valence-corrected chi connectivity index (χ1v) is 2.49. The van der Waals surface area contributed by atoms with Crippen molar-refractivity contribution < 1.29 is 17.6 Å². The molecule has 0 aromatic carbocycles. The maximum absolute atomic E-state index is 12.2. The van der Waals surface area contributed by atoms with Gasteiger partial charge in [-0.15, -0.1) is 0 Å². The van der Waals surface area contributed by atoms with Gasteiger partial charge in [0.05, 0.1) is 0 Å². The lowest BCUT2D eigenvalue weighted by Gasteiger charge is -1.98. The van der Waals surface area contributed by atoms with Crippen molar-refractivity contribution in [1.82, 2.24) is 4.98 Å². The zero-order valence-corrected chi connectivity index (χ0v) is 5.04. The Kier molecular flexibility index (Phi) is 1.67. The lowest BCUT2D eigenvalue weighted by atomic mass is 10.4. The molecule has 0 bridgehead atoms. The number of nitrogens with two attached hydrogens (primary N) is 1. The Morgan fingerprint density at radius 3 is 1.64 bits per heavy atom. The summed E-state index contributed by atoms with van der Waals surface area (Å²) in [7, 11) is 0. The van der Waals surface area contributed by atoms with Gasteiger partial charge in [-0.25, -0.2) is 0 Å². The van der Waals surface area contributed by atoms with Crippen LogP contribution in [0, 0.1) is 23.5 Å². The molecule has 2 N–H and O–H groups in total. The summed E-state index contributed by atoms with van der Waals surface area (Å²) in [5.74, 6) is -6.85. The molecule has 1 heterocycles. The number of aromatic nitrogens is 1. The molecule has 0 aliphatic heterocycles. The van der Waals surface area contributed by atoms with Crippen molar-refractivity contribution in [2.24, 2.45) is 0 Å². The summed E-state index contributed by atoms with van der Waals surface area (Å²) in [6.07, 6.45) is 0. The average Bonchev–Trinajstić information content (AvgIpc) is 1.97.